The molecule has 2 nitrogen and oxygen atoms in total. The first kappa shape index (κ1) is 12.6. The zero-order chi connectivity index (χ0) is 12.3. The molecule has 0 spiro atoms. The monoisotopic (exact) mass is 232 g/mol. The van der Waals surface area contributed by atoms with Crippen molar-refractivity contribution in [2.24, 2.45) is 5.73 Å². The summed E-state index contributed by atoms with van der Waals surface area (Å²) in [5.74, 6) is 0. The predicted molar refractivity (Wildman–Crippen MR) is 73.1 cm³/mol. The number of hydrogen-bond donors (Lipinski definition) is 1. The Balaban J connectivity index is 2.00. The average Bonchev–Trinajstić information content (AvgIpc) is 2.30. The smallest absolute Gasteiger partial charge is 0.0426 e. The van der Waals surface area contributed by atoms with Crippen LogP contribution in [0, 0.1) is 13.8 Å². The van der Waals surface area contributed by atoms with Crippen LogP contribution in [-0.2, 0) is 0 Å². The van der Waals surface area contributed by atoms with E-state index in [2.05, 4.69) is 36.9 Å². The molecule has 1 aliphatic rings. The van der Waals surface area contributed by atoms with Gasteiger partial charge in [0.2, 0.25) is 0 Å². The quantitative estimate of drug-likeness (QED) is 0.868. The molecule has 0 saturated carbocycles. The summed E-state index contributed by atoms with van der Waals surface area (Å²) in [7, 11) is 0. The van der Waals surface area contributed by atoms with Crippen LogP contribution in [0.25, 0.3) is 0 Å². The van der Waals surface area contributed by atoms with E-state index < -0.39 is 0 Å². The first-order valence-corrected chi connectivity index (χ1v) is 6.72. The highest BCUT2D eigenvalue weighted by Crippen LogP contribution is 2.19. The third kappa shape index (κ3) is 3.30. The van der Waals surface area contributed by atoms with E-state index >= 15 is 0 Å². The number of nitrogens with two attached hydrogens (primary N) is 1. The Labute approximate surface area is 105 Å². The molecule has 1 heterocycles. The number of piperidine rings is 1. The van der Waals surface area contributed by atoms with E-state index in [4.69, 9.17) is 5.73 Å². The minimum absolute atomic E-state index is 0.161. The van der Waals surface area contributed by atoms with Crippen LogP contribution in [0.4, 0.5) is 0 Å². The summed E-state index contributed by atoms with van der Waals surface area (Å²) in [6, 6.07) is 6.75. The van der Waals surface area contributed by atoms with Gasteiger partial charge in [0.1, 0.15) is 0 Å². The van der Waals surface area contributed by atoms with Crippen LogP contribution in [-0.4, -0.2) is 24.5 Å². The SMILES string of the molecule is Cc1ccc(C(N)CN2CCCCC2)c(C)c1. The Morgan fingerprint density at radius 1 is 1.18 bits per heavy atom. The summed E-state index contributed by atoms with van der Waals surface area (Å²) in [6.07, 6.45) is 4.05. The van der Waals surface area contributed by atoms with Crippen molar-refractivity contribution in [3.8, 4) is 0 Å². The molecule has 0 amide bonds. The zero-order valence-electron chi connectivity index (χ0n) is 11.1. The molecule has 1 unspecified atom stereocenters. The highest BCUT2D eigenvalue weighted by Gasteiger charge is 2.16. The van der Waals surface area contributed by atoms with Crippen LogP contribution in [0.1, 0.15) is 42.0 Å². The third-order valence-electron chi connectivity index (χ3n) is 3.73. The fourth-order valence-corrected chi connectivity index (χ4v) is 2.76. The van der Waals surface area contributed by atoms with Crippen LogP contribution in [0.2, 0.25) is 0 Å². The van der Waals surface area contributed by atoms with Crippen molar-refractivity contribution in [2.45, 2.75) is 39.2 Å². The molecule has 0 radical (unpaired) electrons. The molecule has 1 aromatic rings. The van der Waals surface area contributed by atoms with Gasteiger partial charge in [-0.05, 0) is 50.9 Å². The predicted octanol–water partition coefficient (Wildman–Crippen LogP) is 2.79. The molecular formula is C15H24N2. The van der Waals surface area contributed by atoms with Gasteiger partial charge < -0.3 is 10.6 Å². The molecule has 0 aromatic heterocycles. The molecule has 2 heteroatoms. The second-order valence-corrected chi connectivity index (χ2v) is 5.33. The minimum Gasteiger partial charge on any atom is -0.323 e. The van der Waals surface area contributed by atoms with E-state index in [0.29, 0.717) is 0 Å². The van der Waals surface area contributed by atoms with E-state index in [-0.39, 0.29) is 6.04 Å². The lowest BCUT2D eigenvalue weighted by Gasteiger charge is -2.29. The van der Waals surface area contributed by atoms with Crippen molar-refractivity contribution < 1.29 is 0 Å². The van der Waals surface area contributed by atoms with Crippen LogP contribution >= 0.6 is 0 Å². The number of likely N-dealkylation sites (tertiary alicyclic amines) is 1. The molecular weight excluding hydrogens is 208 g/mol. The van der Waals surface area contributed by atoms with Gasteiger partial charge in [-0.15, -0.1) is 0 Å². The number of benzene rings is 1. The number of hydrogen-bond acceptors (Lipinski definition) is 2. The molecule has 0 aliphatic carbocycles. The molecule has 0 bridgehead atoms. The topological polar surface area (TPSA) is 29.3 Å². The third-order valence-corrected chi connectivity index (χ3v) is 3.73. The largest absolute Gasteiger partial charge is 0.323 e. The Bertz CT molecular complexity index is 367. The average molecular weight is 232 g/mol. The molecule has 2 N–H and O–H groups in total. The maximum absolute atomic E-state index is 6.34. The minimum atomic E-state index is 0.161. The molecule has 1 aliphatic heterocycles. The van der Waals surface area contributed by atoms with Gasteiger partial charge in [0, 0.05) is 12.6 Å². The van der Waals surface area contributed by atoms with E-state index in [1.54, 1.807) is 0 Å². The Kier molecular flexibility index (Phi) is 4.19. The molecule has 1 fully saturated rings. The van der Waals surface area contributed by atoms with Crippen molar-refractivity contribution in [1.29, 1.82) is 0 Å². The highest BCUT2D eigenvalue weighted by molar-refractivity contribution is 5.32. The van der Waals surface area contributed by atoms with Crippen molar-refractivity contribution >= 4 is 0 Å². The summed E-state index contributed by atoms with van der Waals surface area (Å²) >= 11 is 0. The molecule has 1 saturated heterocycles. The van der Waals surface area contributed by atoms with Gasteiger partial charge >= 0.3 is 0 Å². The summed E-state index contributed by atoms with van der Waals surface area (Å²) < 4.78 is 0. The van der Waals surface area contributed by atoms with Crippen LogP contribution in [0.15, 0.2) is 18.2 Å². The highest BCUT2D eigenvalue weighted by atomic mass is 15.1. The summed E-state index contributed by atoms with van der Waals surface area (Å²) in [5.41, 5.74) is 10.3. The summed E-state index contributed by atoms with van der Waals surface area (Å²) in [4.78, 5) is 2.51. The Morgan fingerprint density at radius 2 is 1.88 bits per heavy atom. The van der Waals surface area contributed by atoms with Gasteiger partial charge in [-0.2, -0.15) is 0 Å². The van der Waals surface area contributed by atoms with Gasteiger partial charge in [0.25, 0.3) is 0 Å². The number of rotatable bonds is 3. The van der Waals surface area contributed by atoms with E-state index in [1.165, 1.54) is 49.0 Å². The van der Waals surface area contributed by atoms with Crippen molar-refractivity contribution in [3.63, 3.8) is 0 Å². The number of aryl methyl sites for hydroxylation is 2. The van der Waals surface area contributed by atoms with Crippen molar-refractivity contribution in [2.75, 3.05) is 19.6 Å². The van der Waals surface area contributed by atoms with Crippen LogP contribution in [0.3, 0.4) is 0 Å². The lowest BCUT2D eigenvalue weighted by atomic mass is 9.99. The van der Waals surface area contributed by atoms with E-state index in [1.807, 2.05) is 0 Å². The molecule has 1 aromatic carbocycles. The van der Waals surface area contributed by atoms with Gasteiger partial charge in [-0.3, -0.25) is 0 Å². The molecule has 94 valence electrons. The standard InChI is InChI=1S/C15H24N2/c1-12-6-7-14(13(2)10-12)15(16)11-17-8-4-3-5-9-17/h6-7,10,15H,3-5,8-9,11,16H2,1-2H3. The molecule has 17 heavy (non-hydrogen) atoms. The van der Waals surface area contributed by atoms with E-state index in [9.17, 15) is 0 Å². The lowest BCUT2D eigenvalue weighted by Crippen LogP contribution is -2.36. The molecule has 2 rings (SSSR count). The Hall–Kier alpha value is -0.860. The lowest BCUT2D eigenvalue weighted by molar-refractivity contribution is 0.216. The summed E-state index contributed by atoms with van der Waals surface area (Å²) in [5, 5.41) is 0. The maximum Gasteiger partial charge on any atom is 0.0426 e. The van der Waals surface area contributed by atoms with Gasteiger partial charge in [0.15, 0.2) is 0 Å². The van der Waals surface area contributed by atoms with E-state index in [0.717, 1.165) is 6.54 Å². The van der Waals surface area contributed by atoms with Gasteiger partial charge in [-0.25, -0.2) is 0 Å². The van der Waals surface area contributed by atoms with Crippen molar-refractivity contribution in [1.82, 2.24) is 4.90 Å². The van der Waals surface area contributed by atoms with Crippen molar-refractivity contribution in [3.05, 3.63) is 34.9 Å². The summed E-state index contributed by atoms with van der Waals surface area (Å²) in [6.45, 7) is 7.74. The second-order valence-electron chi connectivity index (χ2n) is 5.33. The zero-order valence-corrected chi connectivity index (χ0v) is 11.1. The first-order valence-electron chi connectivity index (χ1n) is 6.72. The fourth-order valence-electron chi connectivity index (χ4n) is 2.76. The normalized spacial score (nSPS) is 19.2. The van der Waals surface area contributed by atoms with Gasteiger partial charge in [-0.1, -0.05) is 30.2 Å². The number of nitrogens with zero attached hydrogens (tertiary/aromatic N) is 1. The van der Waals surface area contributed by atoms with Gasteiger partial charge in [0.05, 0.1) is 0 Å². The van der Waals surface area contributed by atoms with Crippen LogP contribution < -0.4 is 5.73 Å². The van der Waals surface area contributed by atoms with Crippen LogP contribution in [0.5, 0.6) is 0 Å². The Morgan fingerprint density at radius 3 is 2.53 bits per heavy atom. The second kappa shape index (κ2) is 5.65. The first-order chi connectivity index (χ1) is 8.16. The maximum atomic E-state index is 6.34. The fraction of sp³-hybridized carbons (Fsp3) is 0.600. The molecule has 1 atom stereocenters.